The maximum Gasteiger partial charge on any atom is -0.147 e. The van der Waals surface area contributed by atoms with Crippen molar-refractivity contribution in [1.82, 2.24) is 0 Å². The average Bonchev–Trinajstić information content (AvgIpc) is 2.51. The predicted molar refractivity (Wildman–Crippen MR) is 141 cm³/mol. The van der Waals surface area contributed by atoms with Gasteiger partial charge in [-0.25, -0.2) is 0 Å². The van der Waals surface area contributed by atoms with Gasteiger partial charge in [-0.15, -0.1) is 24.8 Å². The molecule has 3 heteroatoms. The van der Waals surface area contributed by atoms with E-state index in [1.54, 1.807) is 9.81 Å². The van der Waals surface area contributed by atoms with Crippen molar-refractivity contribution < 1.29 is 0 Å². The Morgan fingerprint density at radius 2 is 0.533 bits per heavy atom. The number of hydrogen-bond acceptors (Lipinski definition) is 0. The number of hydrogen-bond donors (Lipinski definition) is 0. The van der Waals surface area contributed by atoms with E-state index in [1.165, 1.54) is 50.1 Å². The molecule has 0 saturated heterocycles. The molecule has 0 nitrogen and oxygen atoms in total. The molecule has 0 atom stereocenters. The minimum Gasteiger partial charge on any atom is -0.147 e. The van der Waals surface area contributed by atoms with Gasteiger partial charge in [0.1, 0.15) is 0 Å². The molecular weight excluding hydrogens is 604 g/mol. The van der Waals surface area contributed by atoms with Gasteiger partial charge in [-0.05, 0) is 0 Å². The summed E-state index contributed by atoms with van der Waals surface area (Å²) in [6, 6.07) is 14.3. The Morgan fingerprint density at radius 1 is 0.367 bits per heavy atom. The molecule has 0 spiro atoms. The normalized spacial score (nSPS) is 10.6. The van der Waals surface area contributed by atoms with Gasteiger partial charge in [0.05, 0.1) is 0 Å². The Morgan fingerprint density at radius 3 is 0.700 bits per heavy atom. The third kappa shape index (κ3) is 5.30. The van der Waals surface area contributed by atoms with Gasteiger partial charge in [-0.3, -0.25) is 0 Å². The van der Waals surface area contributed by atoms with Crippen LogP contribution in [0.15, 0.2) is 36.4 Å². The Balaban J connectivity index is 0.00000225. The summed E-state index contributed by atoms with van der Waals surface area (Å²) >= 11 is -2.48. The monoisotopic (exact) mass is 638 g/mol. The molecule has 0 amide bonds. The Hall–Kier alpha value is -0.877. The maximum absolute atomic E-state index is 2.48. The largest absolute Gasteiger partial charge is 0.147 e. The molecular formula is C27H35BiCl2. The summed E-state index contributed by atoms with van der Waals surface area (Å²) in [5.74, 6) is 0. The van der Waals surface area contributed by atoms with Crippen LogP contribution in [-0.2, 0) is 0 Å². The summed E-state index contributed by atoms with van der Waals surface area (Å²) in [6.45, 7) is 20.6. The molecule has 0 aliphatic heterocycles. The van der Waals surface area contributed by atoms with Gasteiger partial charge in [0, 0.05) is 0 Å². The molecule has 3 rings (SSSR count). The van der Waals surface area contributed by atoms with Crippen LogP contribution in [0.1, 0.15) is 50.1 Å². The average molecular weight is 639 g/mol. The number of aryl methyl sites for hydroxylation is 9. The van der Waals surface area contributed by atoms with Gasteiger partial charge in [-0.2, -0.15) is 0 Å². The fraction of sp³-hybridized carbons (Fsp3) is 0.333. The minimum atomic E-state index is -2.48. The summed E-state index contributed by atoms with van der Waals surface area (Å²) in [5, 5.41) is 0. The number of halogens is 2. The van der Waals surface area contributed by atoms with Crippen LogP contribution in [0.2, 0.25) is 0 Å². The topological polar surface area (TPSA) is 0 Å². The van der Waals surface area contributed by atoms with Crippen molar-refractivity contribution in [1.29, 1.82) is 0 Å². The van der Waals surface area contributed by atoms with Gasteiger partial charge in [0.2, 0.25) is 0 Å². The SMILES string of the molecule is Cc1cc(C)[c]([Bi]([c]2c(C)cc(C)cc2C)[c]2c(C)cc(C)cc2C)c(C)c1.Cl.Cl. The summed E-state index contributed by atoms with van der Waals surface area (Å²) in [7, 11) is 0. The molecule has 30 heavy (non-hydrogen) atoms. The van der Waals surface area contributed by atoms with Crippen LogP contribution < -0.4 is 9.81 Å². The van der Waals surface area contributed by atoms with E-state index in [2.05, 4.69) is 98.7 Å². The zero-order valence-corrected chi connectivity index (χ0v) is 24.8. The molecule has 3 aromatic rings. The van der Waals surface area contributed by atoms with E-state index in [0.717, 1.165) is 0 Å². The quantitative estimate of drug-likeness (QED) is 0.317. The van der Waals surface area contributed by atoms with Crippen LogP contribution >= 0.6 is 24.8 Å². The van der Waals surface area contributed by atoms with Crippen LogP contribution in [0.4, 0.5) is 0 Å². The first kappa shape index (κ1) is 27.2. The van der Waals surface area contributed by atoms with E-state index >= 15 is 0 Å². The standard InChI is InChI=1S/3C9H11.Bi.2ClH/c3*1-7-4-8(2)6-9(3)5-7;;;/h3*4-5H,1-3H3;;2*1H. The van der Waals surface area contributed by atoms with E-state index in [0.29, 0.717) is 0 Å². The summed E-state index contributed by atoms with van der Waals surface area (Å²) < 4.78 is 5.02. The molecule has 0 heterocycles. The third-order valence-electron chi connectivity index (χ3n) is 5.58. The molecule has 0 bridgehead atoms. The second-order valence-electron chi connectivity index (χ2n) is 8.58. The first-order chi connectivity index (χ1) is 13.1. The molecule has 0 saturated carbocycles. The van der Waals surface area contributed by atoms with Gasteiger partial charge in [0.15, 0.2) is 0 Å². The molecule has 0 aromatic heterocycles. The van der Waals surface area contributed by atoms with E-state index < -0.39 is 21.8 Å². The van der Waals surface area contributed by atoms with Gasteiger partial charge in [-0.1, -0.05) is 0 Å². The van der Waals surface area contributed by atoms with Crippen molar-refractivity contribution in [2.75, 3.05) is 0 Å². The van der Waals surface area contributed by atoms with E-state index in [1.807, 2.05) is 0 Å². The van der Waals surface area contributed by atoms with Crippen LogP contribution in [0.25, 0.3) is 0 Å². The van der Waals surface area contributed by atoms with Crippen molar-refractivity contribution in [3.63, 3.8) is 0 Å². The van der Waals surface area contributed by atoms with E-state index in [9.17, 15) is 0 Å². The molecule has 0 unspecified atom stereocenters. The van der Waals surface area contributed by atoms with Gasteiger partial charge < -0.3 is 0 Å². The Kier molecular flexibility index (Phi) is 9.62. The fourth-order valence-electron chi connectivity index (χ4n) is 4.91. The predicted octanol–water partition coefficient (Wildman–Crippen LogP) is 5.82. The number of benzene rings is 3. The smallest absolute Gasteiger partial charge is 0.147 e. The third-order valence-corrected chi connectivity index (χ3v) is 19.0. The molecule has 162 valence electrons. The minimum absolute atomic E-state index is 0. The van der Waals surface area contributed by atoms with Crippen molar-refractivity contribution in [2.24, 2.45) is 0 Å². The maximum atomic E-state index is 2.39. The van der Waals surface area contributed by atoms with Crippen molar-refractivity contribution in [3.05, 3.63) is 86.5 Å². The summed E-state index contributed by atoms with van der Waals surface area (Å²) in [4.78, 5) is 0. The van der Waals surface area contributed by atoms with Crippen LogP contribution in [0, 0.1) is 62.3 Å². The number of rotatable bonds is 3. The van der Waals surface area contributed by atoms with Crippen molar-refractivity contribution in [2.45, 2.75) is 62.3 Å². The van der Waals surface area contributed by atoms with Crippen LogP contribution in [0.3, 0.4) is 0 Å². The fourth-order valence-corrected chi connectivity index (χ4v) is 17.3. The molecule has 0 aliphatic carbocycles. The van der Waals surface area contributed by atoms with E-state index in [4.69, 9.17) is 0 Å². The molecule has 0 radical (unpaired) electrons. The van der Waals surface area contributed by atoms with Crippen LogP contribution in [0.5, 0.6) is 0 Å². The molecule has 0 fully saturated rings. The molecule has 3 aromatic carbocycles. The van der Waals surface area contributed by atoms with Gasteiger partial charge >= 0.3 is 180 Å². The van der Waals surface area contributed by atoms with Crippen molar-refractivity contribution in [3.8, 4) is 0 Å². The second-order valence-corrected chi connectivity index (χ2v) is 16.4. The van der Waals surface area contributed by atoms with E-state index in [-0.39, 0.29) is 24.8 Å². The van der Waals surface area contributed by atoms with Crippen LogP contribution in [-0.4, -0.2) is 21.8 Å². The summed E-state index contributed by atoms with van der Waals surface area (Å²) in [5.41, 5.74) is 13.0. The summed E-state index contributed by atoms with van der Waals surface area (Å²) in [6.07, 6.45) is 0. The first-order valence-corrected chi connectivity index (χ1v) is 15.4. The van der Waals surface area contributed by atoms with Crippen molar-refractivity contribution >= 4 is 56.4 Å². The Labute approximate surface area is 204 Å². The first-order valence-electron chi connectivity index (χ1n) is 10.1. The Bertz CT molecular complexity index is 861. The molecule has 0 aliphatic rings. The second kappa shape index (κ2) is 10.6. The molecule has 0 N–H and O–H groups in total. The zero-order valence-electron chi connectivity index (χ0n) is 19.7. The van der Waals surface area contributed by atoms with Gasteiger partial charge in [0.25, 0.3) is 0 Å². The zero-order chi connectivity index (χ0) is 20.7.